The van der Waals surface area contributed by atoms with Crippen molar-refractivity contribution in [3.63, 3.8) is 0 Å². The van der Waals surface area contributed by atoms with Crippen molar-refractivity contribution in [2.45, 2.75) is 98.3 Å². The molecule has 1 heterocycles. The number of nitrogens with one attached hydrogen (secondary N) is 2. The van der Waals surface area contributed by atoms with Crippen LogP contribution in [0.25, 0.3) is 5.57 Å². The highest BCUT2D eigenvalue weighted by atomic mass is 19.4. The van der Waals surface area contributed by atoms with E-state index in [-0.39, 0.29) is 17.9 Å². The average molecular weight is 610 g/mol. The summed E-state index contributed by atoms with van der Waals surface area (Å²) >= 11 is 0. The second-order valence-corrected chi connectivity index (χ2v) is 12.7. The topological polar surface area (TPSA) is 74.0 Å². The van der Waals surface area contributed by atoms with Crippen molar-refractivity contribution in [1.29, 1.82) is 5.41 Å². The summed E-state index contributed by atoms with van der Waals surface area (Å²) in [4.78, 5) is 14.3. The zero-order valence-electron chi connectivity index (χ0n) is 26.5. The number of amidine groups is 1. The van der Waals surface area contributed by atoms with E-state index in [1.54, 1.807) is 30.3 Å². The van der Waals surface area contributed by atoms with Crippen LogP contribution in [0.4, 0.5) is 18.0 Å². The van der Waals surface area contributed by atoms with Crippen molar-refractivity contribution in [1.82, 2.24) is 20.0 Å². The Morgan fingerprint density at radius 1 is 1.27 bits per heavy atom. The van der Waals surface area contributed by atoms with Crippen LogP contribution in [0.3, 0.4) is 0 Å². The summed E-state index contributed by atoms with van der Waals surface area (Å²) in [6, 6.07) is 6.07. The summed E-state index contributed by atoms with van der Waals surface area (Å²) in [5.41, 5.74) is 6.96. The van der Waals surface area contributed by atoms with Crippen molar-refractivity contribution >= 4 is 17.4 Å². The number of aromatic nitrogens is 2. The van der Waals surface area contributed by atoms with E-state index in [2.05, 4.69) is 31.8 Å². The minimum atomic E-state index is -4.46. The smallest absolute Gasteiger partial charge is 0.318 e. The molecule has 2 aliphatic rings. The van der Waals surface area contributed by atoms with Crippen LogP contribution >= 0.6 is 0 Å². The van der Waals surface area contributed by atoms with Gasteiger partial charge in [0, 0.05) is 23.4 Å². The summed E-state index contributed by atoms with van der Waals surface area (Å²) in [7, 11) is 0. The number of carbonyl (C=O) groups excluding carboxylic acids is 1. The van der Waals surface area contributed by atoms with E-state index >= 15 is 0 Å². The number of aryl methyl sites for hydroxylation is 1. The highest BCUT2D eigenvalue weighted by molar-refractivity contribution is 6.05. The molecule has 1 atom stereocenters. The molecule has 0 saturated heterocycles. The number of hydrogen-bond acceptors (Lipinski definition) is 3. The number of alkyl halides is 3. The number of benzene rings is 1. The first-order valence-electron chi connectivity index (χ1n) is 15.7. The summed E-state index contributed by atoms with van der Waals surface area (Å²) in [5.74, 6) is 0.423. The monoisotopic (exact) mass is 609 g/mol. The molecule has 6 nitrogen and oxygen atoms in total. The number of carbonyl (C=O) groups is 1. The molecular weight excluding hydrogens is 563 g/mol. The van der Waals surface area contributed by atoms with Gasteiger partial charge in [-0.3, -0.25) is 10.3 Å². The maximum absolute atomic E-state index is 13.4. The van der Waals surface area contributed by atoms with Crippen molar-refractivity contribution in [2.75, 3.05) is 6.54 Å². The zero-order valence-corrected chi connectivity index (χ0v) is 26.5. The van der Waals surface area contributed by atoms with Gasteiger partial charge in [-0.2, -0.15) is 18.3 Å². The molecule has 1 fully saturated rings. The maximum atomic E-state index is 13.4. The van der Waals surface area contributed by atoms with Crippen LogP contribution in [0.5, 0.6) is 0 Å². The number of allylic oxidation sites excluding steroid dienone is 5. The van der Waals surface area contributed by atoms with Crippen molar-refractivity contribution in [3.05, 3.63) is 82.7 Å². The quantitative estimate of drug-likeness (QED) is 0.152. The fourth-order valence-electron chi connectivity index (χ4n) is 6.43. The normalized spacial score (nSPS) is 19.2. The van der Waals surface area contributed by atoms with Crippen molar-refractivity contribution < 1.29 is 18.0 Å². The molecule has 2 amide bonds. The van der Waals surface area contributed by atoms with Crippen molar-refractivity contribution in [2.24, 2.45) is 11.3 Å². The molecule has 1 saturated carbocycles. The minimum Gasteiger partial charge on any atom is -0.318 e. The summed E-state index contributed by atoms with van der Waals surface area (Å²) in [6.07, 6.45) is 8.57. The average Bonchev–Trinajstić information content (AvgIpc) is 3.27. The standard InChI is InChI=1S/C35H46F3N5O/c1-6-9-25(4)21-27(10-7-2)31-29-22-34(5,28-11-8-12-28)18-17-30(29)43(41-31)23-40-33(44)42(20-19-35(36,37)38)32(39)26-15-13-24(3)14-16-26/h6,9,13-16,21,28,39H,1,7-8,10-12,17-20,22-23H2,2-5H3,(H,40,44)/b25-9-,27-21+,39-32?. The Morgan fingerprint density at radius 2 is 1.98 bits per heavy atom. The predicted octanol–water partition coefficient (Wildman–Crippen LogP) is 8.75. The third-order valence-electron chi connectivity index (χ3n) is 9.22. The fraction of sp³-hybridized carbons (Fsp3) is 0.514. The molecule has 2 aromatic rings. The van der Waals surface area contributed by atoms with Gasteiger partial charge in [-0.1, -0.05) is 86.9 Å². The molecule has 238 valence electrons. The van der Waals surface area contributed by atoms with Gasteiger partial charge in [0.15, 0.2) is 0 Å². The Hall–Kier alpha value is -3.62. The van der Waals surface area contributed by atoms with Gasteiger partial charge in [0.2, 0.25) is 0 Å². The van der Waals surface area contributed by atoms with Crippen LogP contribution in [0.15, 0.2) is 54.6 Å². The second kappa shape index (κ2) is 14.0. The lowest BCUT2D eigenvalue weighted by Gasteiger charge is -2.45. The van der Waals surface area contributed by atoms with E-state index in [1.165, 1.54) is 24.8 Å². The lowest BCUT2D eigenvalue weighted by molar-refractivity contribution is -0.135. The SMILES string of the molecule is C=C/C=C(C)\C=C(/CCC)c1nn(CNC(=O)N(CCC(F)(F)F)C(=N)c2ccc(C)cc2)c2c1CC(C)(C1CCC1)CC2. The molecule has 4 rings (SSSR count). The third-order valence-corrected chi connectivity index (χ3v) is 9.22. The molecule has 2 N–H and O–H groups in total. The molecule has 1 aromatic carbocycles. The van der Waals surface area contributed by atoms with Gasteiger partial charge in [-0.15, -0.1) is 0 Å². The number of nitrogens with zero attached hydrogens (tertiary/aromatic N) is 3. The van der Waals surface area contributed by atoms with E-state index in [1.807, 2.05) is 24.6 Å². The molecule has 0 bridgehead atoms. The fourth-order valence-corrected chi connectivity index (χ4v) is 6.43. The molecule has 1 aromatic heterocycles. The second-order valence-electron chi connectivity index (χ2n) is 12.7. The molecule has 1 unspecified atom stereocenters. The van der Waals surface area contributed by atoms with E-state index in [0.717, 1.165) is 65.1 Å². The lowest BCUT2D eigenvalue weighted by Crippen LogP contribution is -2.46. The van der Waals surface area contributed by atoms with Crippen LogP contribution in [-0.2, 0) is 19.5 Å². The number of hydrogen-bond donors (Lipinski definition) is 2. The summed E-state index contributed by atoms with van der Waals surface area (Å²) < 4.78 is 41.4. The van der Waals surface area contributed by atoms with Gasteiger partial charge in [0.1, 0.15) is 12.5 Å². The van der Waals surface area contributed by atoms with Crippen LogP contribution in [-0.4, -0.2) is 39.3 Å². The van der Waals surface area contributed by atoms with Crippen LogP contribution in [0.2, 0.25) is 0 Å². The van der Waals surface area contributed by atoms with Gasteiger partial charge in [-0.05, 0) is 69.3 Å². The number of fused-ring (bicyclic) bond motifs is 1. The third kappa shape index (κ3) is 7.90. The van der Waals surface area contributed by atoms with Gasteiger partial charge in [0.05, 0.1) is 12.1 Å². The maximum Gasteiger partial charge on any atom is 0.390 e. The Labute approximate surface area is 259 Å². The Morgan fingerprint density at radius 3 is 2.57 bits per heavy atom. The minimum absolute atomic E-state index is 0.00584. The van der Waals surface area contributed by atoms with E-state index in [0.29, 0.717) is 11.5 Å². The summed E-state index contributed by atoms with van der Waals surface area (Å²) in [5, 5.41) is 16.4. The molecule has 0 radical (unpaired) electrons. The Balaban J connectivity index is 1.65. The predicted molar refractivity (Wildman–Crippen MR) is 170 cm³/mol. The van der Waals surface area contributed by atoms with E-state index in [9.17, 15) is 18.0 Å². The zero-order chi connectivity index (χ0) is 32.1. The highest BCUT2D eigenvalue weighted by Gasteiger charge is 2.42. The van der Waals surface area contributed by atoms with Gasteiger partial charge in [-0.25, -0.2) is 9.48 Å². The van der Waals surface area contributed by atoms with Gasteiger partial charge in [0.25, 0.3) is 0 Å². The first-order chi connectivity index (χ1) is 20.8. The van der Waals surface area contributed by atoms with E-state index < -0.39 is 25.2 Å². The molecule has 9 heteroatoms. The lowest BCUT2D eigenvalue weighted by atomic mass is 9.59. The molecular formula is C35H46F3N5O. The number of halogens is 3. The molecule has 0 spiro atoms. The molecule has 44 heavy (non-hydrogen) atoms. The van der Waals surface area contributed by atoms with E-state index in [4.69, 9.17) is 10.5 Å². The number of amides is 2. The molecule has 0 aliphatic heterocycles. The first kappa shape index (κ1) is 33.3. The van der Waals surface area contributed by atoms with Crippen LogP contribution in [0.1, 0.15) is 93.8 Å². The summed E-state index contributed by atoms with van der Waals surface area (Å²) in [6.45, 7) is 11.6. The van der Waals surface area contributed by atoms with Gasteiger partial charge >= 0.3 is 12.2 Å². The van der Waals surface area contributed by atoms with Gasteiger partial charge < -0.3 is 5.32 Å². The van der Waals surface area contributed by atoms with Crippen LogP contribution < -0.4 is 5.32 Å². The van der Waals surface area contributed by atoms with Crippen molar-refractivity contribution in [3.8, 4) is 0 Å². The number of urea groups is 1. The highest BCUT2D eigenvalue weighted by Crippen LogP contribution is 2.50. The number of rotatable bonds is 11. The van der Waals surface area contributed by atoms with Crippen LogP contribution in [0, 0.1) is 23.7 Å². The first-order valence-corrected chi connectivity index (χ1v) is 15.7. The Bertz CT molecular complexity index is 1410. The Kier molecular flexibility index (Phi) is 10.6. The molecule has 2 aliphatic carbocycles. The largest absolute Gasteiger partial charge is 0.390 e.